The molecule has 4 nitrogen and oxygen atoms in total. The van der Waals surface area contributed by atoms with Gasteiger partial charge in [-0.1, -0.05) is 22.9 Å². The second-order valence-electron chi connectivity index (χ2n) is 4.44. The lowest BCUT2D eigenvalue weighted by Crippen LogP contribution is -2.16. The van der Waals surface area contributed by atoms with Gasteiger partial charge in [-0.25, -0.2) is 9.37 Å². The first-order valence-electron chi connectivity index (χ1n) is 6.56. The van der Waals surface area contributed by atoms with Crippen molar-refractivity contribution in [3.8, 4) is 0 Å². The highest BCUT2D eigenvalue weighted by Gasteiger charge is 2.14. The van der Waals surface area contributed by atoms with Crippen LogP contribution in [0.5, 0.6) is 0 Å². The zero-order valence-corrected chi connectivity index (χ0v) is 13.1. The van der Waals surface area contributed by atoms with Crippen LogP contribution in [-0.4, -0.2) is 17.4 Å². The lowest BCUT2D eigenvalue weighted by Gasteiger charge is -2.11. The van der Waals surface area contributed by atoms with Gasteiger partial charge in [0.2, 0.25) is 0 Å². The summed E-state index contributed by atoms with van der Waals surface area (Å²) < 4.78 is 14.3. The third kappa shape index (κ3) is 4.26. The van der Waals surface area contributed by atoms with Crippen molar-refractivity contribution in [3.63, 3.8) is 0 Å². The molecule has 0 atom stereocenters. The van der Waals surface area contributed by atoms with E-state index in [1.54, 1.807) is 12.1 Å². The van der Waals surface area contributed by atoms with Crippen LogP contribution in [0, 0.1) is 5.82 Å². The molecule has 0 saturated carbocycles. The molecule has 1 heterocycles. The number of hydrogen-bond donors (Lipinski definition) is 2. The van der Waals surface area contributed by atoms with Crippen LogP contribution in [0.25, 0.3) is 0 Å². The molecule has 0 unspecified atom stereocenters. The minimum absolute atomic E-state index is 0.186. The molecular weight excluding hydrogens is 337 g/mol. The highest BCUT2D eigenvalue weighted by Crippen LogP contribution is 2.18. The van der Waals surface area contributed by atoms with E-state index in [2.05, 4.69) is 31.5 Å². The van der Waals surface area contributed by atoms with Crippen molar-refractivity contribution < 1.29 is 9.18 Å². The number of nitrogens with one attached hydrogen (secondary N) is 2. The molecular formula is C15H15BrFN3O. The van der Waals surface area contributed by atoms with Crippen molar-refractivity contribution >= 4 is 33.3 Å². The maximum Gasteiger partial charge on any atom is 0.259 e. The number of halogens is 2. The Hall–Kier alpha value is -1.95. The Bertz CT molecular complexity index is 631. The molecule has 2 aromatic rings. The van der Waals surface area contributed by atoms with Crippen LogP contribution in [0.3, 0.4) is 0 Å². The van der Waals surface area contributed by atoms with E-state index in [9.17, 15) is 9.18 Å². The molecule has 2 rings (SSSR count). The lowest BCUT2D eigenvalue weighted by molar-refractivity contribution is 0.102. The predicted octanol–water partition coefficient (Wildman–Crippen LogP) is 4.06. The number of amides is 1. The fourth-order valence-electron chi connectivity index (χ4n) is 1.73. The Kier molecular flexibility index (Phi) is 5.27. The normalized spacial score (nSPS) is 10.2. The first-order chi connectivity index (χ1) is 10.1. The second kappa shape index (κ2) is 7.17. The van der Waals surface area contributed by atoms with Gasteiger partial charge in [0, 0.05) is 16.7 Å². The summed E-state index contributed by atoms with van der Waals surface area (Å²) in [4.78, 5) is 16.2. The Morgan fingerprint density at radius 2 is 2.05 bits per heavy atom. The minimum Gasteiger partial charge on any atom is -0.369 e. The SMILES string of the molecule is CCCNc1ncc(F)cc1C(=O)Nc1ccc(Br)cc1. The molecule has 0 saturated heterocycles. The molecule has 1 aromatic carbocycles. The molecule has 110 valence electrons. The van der Waals surface area contributed by atoms with Crippen LogP contribution in [0.1, 0.15) is 23.7 Å². The van der Waals surface area contributed by atoms with Crippen LogP contribution in [0.15, 0.2) is 41.0 Å². The molecule has 21 heavy (non-hydrogen) atoms. The molecule has 0 bridgehead atoms. The number of nitrogens with zero attached hydrogens (tertiary/aromatic N) is 1. The summed E-state index contributed by atoms with van der Waals surface area (Å²) in [5, 5.41) is 5.74. The van der Waals surface area contributed by atoms with Crippen molar-refractivity contribution in [1.82, 2.24) is 4.98 Å². The summed E-state index contributed by atoms with van der Waals surface area (Å²) in [6, 6.07) is 8.33. The zero-order chi connectivity index (χ0) is 15.2. The summed E-state index contributed by atoms with van der Waals surface area (Å²) in [5.41, 5.74) is 0.820. The van der Waals surface area contributed by atoms with Crippen molar-refractivity contribution in [2.24, 2.45) is 0 Å². The second-order valence-corrected chi connectivity index (χ2v) is 5.35. The molecule has 0 aliphatic heterocycles. The molecule has 1 aromatic heterocycles. The van der Waals surface area contributed by atoms with Crippen molar-refractivity contribution in [2.75, 3.05) is 17.2 Å². The molecule has 0 fully saturated rings. The number of aromatic nitrogens is 1. The molecule has 0 aliphatic carbocycles. The Labute approximate surface area is 130 Å². The number of pyridine rings is 1. The van der Waals surface area contributed by atoms with Crippen LogP contribution in [0.4, 0.5) is 15.9 Å². The molecule has 6 heteroatoms. The van der Waals surface area contributed by atoms with E-state index < -0.39 is 11.7 Å². The largest absolute Gasteiger partial charge is 0.369 e. The number of benzene rings is 1. The van der Waals surface area contributed by atoms with Crippen molar-refractivity contribution in [2.45, 2.75) is 13.3 Å². The van der Waals surface area contributed by atoms with Crippen molar-refractivity contribution in [3.05, 3.63) is 52.4 Å². The van der Waals surface area contributed by atoms with Crippen molar-refractivity contribution in [1.29, 1.82) is 0 Å². The number of anilines is 2. The predicted molar refractivity (Wildman–Crippen MR) is 85.1 cm³/mol. The number of hydrogen-bond acceptors (Lipinski definition) is 3. The van der Waals surface area contributed by atoms with Gasteiger partial charge in [-0.05, 0) is 36.8 Å². The van der Waals surface area contributed by atoms with Gasteiger partial charge < -0.3 is 10.6 Å². The highest BCUT2D eigenvalue weighted by molar-refractivity contribution is 9.10. The maximum atomic E-state index is 13.3. The van der Waals surface area contributed by atoms with E-state index in [0.717, 1.165) is 17.1 Å². The molecule has 2 N–H and O–H groups in total. The first-order valence-corrected chi connectivity index (χ1v) is 7.35. The van der Waals surface area contributed by atoms with E-state index >= 15 is 0 Å². The zero-order valence-electron chi connectivity index (χ0n) is 11.5. The third-order valence-electron chi connectivity index (χ3n) is 2.74. The summed E-state index contributed by atoms with van der Waals surface area (Å²) in [6.07, 6.45) is 1.97. The van der Waals surface area contributed by atoms with E-state index in [-0.39, 0.29) is 5.56 Å². The minimum atomic E-state index is -0.544. The summed E-state index contributed by atoms with van der Waals surface area (Å²) in [5.74, 6) is -0.561. The molecule has 0 aliphatic rings. The molecule has 0 spiro atoms. The van der Waals surface area contributed by atoms with Crippen LogP contribution in [-0.2, 0) is 0 Å². The van der Waals surface area contributed by atoms with Crippen LogP contribution >= 0.6 is 15.9 Å². The maximum absolute atomic E-state index is 13.3. The van der Waals surface area contributed by atoms with E-state index in [1.165, 1.54) is 6.07 Å². The summed E-state index contributed by atoms with van der Waals surface area (Å²) in [6.45, 7) is 2.66. The van der Waals surface area contributed by atoms with E-state index in [1.807, 2.05) is 19.1 Å². The Morgan fingerprint density at radius 3 is 2.71 bits per heavy atom. The van der Waals surface area contributed by atoms with E-state index in [4.69, 9.17) is 0 Å². The van der Waals surface area contributed by atoms with E-state index in [0.29, 0.717) is 18.1 Å². The van der Waals surface area contributed by atoms with Gasteiger partial charge in [0.1, 0.15) is 11.6 Å². The number of carbonyl (C=O) groups is 1. The Morgan fingerprint density at radius 1 is 1.33 bits per heavy atom. The molecule has 0 radical (unpaired) electrons. The average Bonchev–Trinajstić information content (AvgIpc) is 2.48. The number of rotatable bonds is 5. The fraction of sp³-hybridized carbons (Fsp3) is 0.200. The van der Waals surface area contributed by atoms with Gasteiger partial charge in [-0.2, -0.15) is 0 Å². The highest BCUT2D eigenvalue weighted by atomic mass is 79.9. The topological polar surface area (TPSA) is 54.0 Å². The fourth-order valence-corrected chi connectivity index (χ4v) is 1.99. The van der Waals surface area contributed by atoms with Crippen LogP contribution in [0.2, 0.25) is 0 Å². The Balaban J connectivity index is 2.20. The van der Waals surface area contributed by atoms with Crippen LogP contribution < -0.4 is 10.6 Å². The standard InChI is InChI=1S/C15H15BrFN3O/c1-2-7-18-14-13(8-11(17)9-19-14)15(21)20-12-5-3-10(16)4-6-12/h3-6,8-9H,2,7H2,1H3,(H,18,19)(H,20,21). The van der Waals surface area contributed by atoms with Gasteiger partial charge >= 0.3 is 0 Å². The first kappa shape index (κ1) is 15.4. The quantitative estimate of drug-likeness (QED) is 0.853. The average molecular weight is 352 g/mol. The lowest BCUT2D eigenvalue weighted by atomic mass is 10.2. The van der Waals surface area contributed by atoms with Gasteiger partial charge in [0.05, 0.1) is 11.8 Å². The van der Waals surface area contributed by atoms with Gasteiger partial charge in [0.25, 0.3) is 5.91 Å². The third-order valence-corrected chi connectivity index (χ3v) is 3.27. The number of carbonyl (C=O) groups excluding carboxylic acids is 1. The summed E-state index contributed by atoms with van der Waals surface area (Å²) in [7, 11) is 0. The smallest absolute Gasteiger partial charge is 0.259 e. The van der Waals surface area contributed by atoms with Gasteiger partial charge in [-0.3, -0.25) is 4.79 Å². The van der Waals surface area contributed by atoms with Gasteiger partial charge in [0.15, 0.2) is 0 Å². The summed E-state index contributed by atoms with van der Waals surface area (Å²) >= 11 is 3.32. The van der Waals surface area contributed by atoms with Gasteiger partial charge in [-0.15, -0.1) is 0 Å². The monoisotopic (exact) mass is 351 g/mol. The molecule has 1 amide bonds.